The minimum Gasteiger partial charge on any atom is -0.472 e. The Kier molecular flexibility index (Phi) is 5.27. The molecule has 7 nitrogen and oxygen atoms in total. The van der Waals surface area contributed by atoms with Crippen LogP contribution in [0.15, 0.2) is 45.7 Å². The molecule has 3 aromatic rings. The predicted molar refractivity (Wildman–Crippen MR) is 99.1 cm³/mol. The first-order chi connectivity index (χ1) is 12.2. The van der Waals surface area contributed by atoms with Crippen LogP contribution in [0, 0.1) is 0 Å². The number of carbonyl (C=O) groups excluding carboxylic acids is 1. The Morgan fingerprint density at radius 3 is 3.00 bits per heavy atom. The summed E-state index contributed by atoms with van der Waals surface area (Å²) < 4.78 is 10.2. The molecule has 136 valence electrons. The van der Waals surface area contributed by atoms with Crippen molar-refractivity contribution in [2.75, 3.05) is 17.2 Å². The number of nitrogens with two attached hydrogens (primary N) is 1. The van der Waals surface area contributed by atoms with Crippen LogP contribution in [-0.4, -0.2) is 22.6 Å². The van der Waals surface area contributed by atoms with E-state index < -0.39 is 0 Å². The van der Waals surface area contributed by atoms with Crippen LogP contribution < -0.4 is 10.6 Å². The molecule has 1 aliphatic heterocycles. The number of hydrogen-bond acceptors (Lipinski definition) is 6. The van der Waals surface area contributed by atoms with Gasteiger partial charge in [-0.1, -0.05) is 11.2 Å². The zero-order valence-electron chi connectivity index (χ0n) is 14.1. The topological polar surface area (TPSA) is 98.4 Å². The molecule has 1 aromatic carbocycles. The van der Waals surface area contributed by atoms with E-state index in [0.717, 1.165) is 35.3 Å². The Balaban J connectivity index is 0.00000196. The van der Waals surface area contributed by atoms with E-state index in [4.69, 9.17) is 14.7 Å². The molecule has 3 heterocycles. The smallest absolute Gasteiger partial charge is 0.227 e. The van der Waals surface area contributed by atoms with Gasteiger partial charge in [0.05, 0.1) is 11.8 Å². The van der Waals surface area contributed by atoms with Gasteiger partial charge in [-0.2, -0.15) is 4.98 Å². The van der Waals surface area contributed by atoms with E-state index in [9.17, 15) is 4.79 Å². The van der Waals surface area contributed by atoms with Gasteiger partial charge in [0.15, 0.2) is 0 Å². The molecule has 4 rings (SSSR count). The van der Waals surface area contributed by atoms with Crippen LogP contribution in [0.25, 0.3) is 11.4 Å². The molecule has 2 N–H and O–H groups in total. The fraction of sp³-hybridized carbons (Fsp3) is 0.278. The van der Waals surface area contributed by atoms with E-state index in [0.29, 0.717) is 31.1 Å². The summed E-state index contributed by atoms with van der Waals surface area (Å²) in [5, 5.41) is 3.91. The molecule has 0 bridgehead atoms. The monoisotopic (exact) mass is 374 g/mol. The van der Waals surface area contributed by atoms with Crippen molar-refractivity contribution in [2.45, 2.75) is 25.7 Å². The summed E-state index contributed by atoms with van der Waals surface area (Å²) in [6.07, 6.45) is 5.63. The molecule has 1 amide bonds. The lowest BCUT2D eigenvalue weighted by Gasteiger charge is -2.30. The molecule has 1 aliphatic rings. The van der Waals surface area contributed by atoms with Crippen LogP contribution in [0.5, 0.6) is 0 Å². The summed E-state index contributed by atoms with van der Waals surface area (Å²) in [6.45, 7) is 0.708. The largest absolute Gasteiger partial charge is 0.472 e. The fourth-order valence-corrected chi connectivity index (χ4v) is 3.12. The van der Waals surface area contributed by atoms with Crippen molar-refractivity contribution in [3.05, 3.63) is 48.2 Å². The normalized spacial score (nSPS) is 13.2. The summed E-state index contributed by atoms with van der Waals surface area (Å²) in [7, 11) is 0. The van der Waals surface area contributed by atoms with Crippen molar-refractivity contribution in [3.8, 4) is 11.4 Å². The molecular formula is C18H19ClN4O3. The lowest BCUT2D eigenvalue weighted by Crippen LogP contribution is -2.35. The predicted octanol–water partition coefficient (Wildman–Crippen LogP) is 3.25. The number of hydrogen-bond donors (Lipinski definition) is 1. The highest BCUT2D eigenvalue weighted by atomic mass is 35.5. The van der Waals surface area contributed by atoms with Crippen molar-refractivity contribution in [2.24, 2.45) is 0 Å². The van der Waals surface area contributed by atoms with Crippen molar-refractivity contribution < 1.29 is 13.7 Å². The Morgan fingerprint density at radius 1 is 1.31 bits per heavy atom. The number of carbonyl (C=O) groups is 1. The van der Waals surface area contributed by atoms with Crippen molar-refractivity contribution in [1.29, 1.82) is 0 Å². The molecular weight excluding hydrogens is 356 g/mol. The summed E-state index contributed by atoms with van der Waals surface area (Å²) in [6, 6.07) is 7.47. The number of anilines is 2. The van der Waals surface area contributed by atoms with Gasteiger partial charge in [-0.05, 0) is 36.6 Å². The van der Waals surface area contributed by atoms with Gasteiger partial charge >= 0.3 is 0 Å². The highest BCUT2D eigenvalue weighted by Crippen LogP contribution is 2.31. The number of furan rings is 1. The van der Waals surface area contributed by atoms with Gasteiger partial charge in [-0.25, -0.2) is 0 Å². The molecule has 0 saturated carbocycles. The number of halogens is 1. The maximum absolute atomic E-state index is 12.7. The summed E-state index contributed by atoms with van der Waals surface area (Å²) >= 11 is 0. The Morgan fingerprint density at radius 2 is 2.19 bits per heavy atom. The lowest BCUT2D eigenvalue weighted by atomic mass is 9.99. The summed E-state index contributed by atoms with van der Waals surface area (Å²) in [4.78, 5) is 18.8. The highest BCUT2D eigenvalue weighted by molar-refractivity contribution is 5.95. The van der Waals surface area contributed by atoms with Gasteiger partial charge in [-0.15, -0.1) is 12.4 Å². The van der Waals surface area contributed by atoms with E-state index in [1.807, 2.05) is 23.1 Å². The summed E-state index contributed by atoms with van der Waals surface area (Å²) in [5.74, 6) is 0.941. The van der Waals surface area contributed by atoms with E-state index in [2.05, 4.69) is 10.1 Å². The maximum Gasteiger partial charge on any atom is 0.227 e. The molecule has 8 heteroatoms. The number of aromatic nitrogens is 2. The average molecular weight is 375 g/mol. The number of fused-ring (bicyclic) bond motifs is 1. The van der Waals surface area contributed by atoms with E-state index in [1.165, 1.54) is 0 Å². The van der Waals surface area contributed by atoms with Crippen LogP contribution in [0.4, 0.5) is 11.4 Å². The third-order valence-corrected chi connectivity index (χ3v) is 4.39. The average Bonchev–Trinajstić information content (AvgIpc) is 3.31. The Hall–Kier alpha value is -2.80. The second-order valence-electron chi connectivity index (χ2n) is 6.02. The molecule has 0 radical (unpaired) electrons. The zero-order chi connectivity index (χ0) is 17.2. The second-order valence-corrected chi connectivity index (χ2v) is 6.02. The molecule has 0 unspecified atom stereocenters. The van der Waals surface area contributed by atoms with E-state index in [1.54, 1.807) is 18.6 Å². The molecule has 0 atom stereocenters. The number of amides is 1. The molecule has 2 aromatic heterocycles. The maximum atomic E-state index is 12.7. The Bertz CT molecular complexity index is 892. The van der Waals surface area contributed by atoms with Gasteiger partial charge in [-0.3, -0.25) is 4.79 Å². The van der Waals surface area contributed by atoms with Gasteiger partial charge < -0.3 is 19.6 Å². The van der Waals surface area contributed by atoms with Crippen LogP contribution >= 0.6 is 12.4 Å². The number of benzene rings is 1. The molecule has 0 saturated heterocycles. The van der Waals surface area contributed by atoms with Crippen LogP contribution in [0.2, 0.25) is 0 Å². The fourth-order valence-electron chi connectivity index (χ4n) is 3.12. The number of rotatable bonds is 4. The van der Waals surface area contributed by atoms with Gasteiger partial charge in [0.25, 0.3) is 0 Å². The SMILES string of the molecule is Cl.Nc1cccc2c1CCCN2C(=O)CCc1nc(-c2ccoc2)no1. The first-order valence-electron chi connectivity index (χ1n) is 8.25. The first kappa shape index (κ1) is 18.0. The number of nitrogen functional groups attached to an aromatic ring is 1. The van der Waals surface area contributed by atoms with E-state index in [-0.39, 0.29) is 18.3 Å². The third-order valence-electron chi connectivity index (χ3n) is 4.39. The standard InChI is InChI=1S/C18H18N4O3.ClH/c19-14-4-1-5-15-13(14)3-2-9-22(15)17(23)7-6-16-20-18(21-25-16)12-8-10-24-11-12;/h1,4-5,8,10-11H,2-3,6-7,9,19H2;1H. The minimum atomic E-state index is 0. The first-order valence-corrected chi connectivity index (χ1v) is 8.25. The van der Waals surface area contributed by atoms with Gasteiger partial charge in [0, 0.05) is 30.8 Å². The second kappa shape index (κ2) is 7.61. The number of nitrogens with zero attached hydrogens (tertiary/aromatic N) is 3. The van der Waals surface area contributed by atoms with Crippen LogP contribution in [0.3, 0.4) is 0 Å². The molecule has 0 fully saturated rings. The molecule has 26 heavy (non-hydrogen) atoms. The van der Waals surface area contributed by atoms with Gasteiger partial charge in [0.2, 0.25) is 17.6 Å². The van der Waals surface area contributed by atoms with Crippen molar-refractivity contribution in [3.63, 3.8) is 0 Å². The van der Waals surface area contributed by atoms with Crippen LogP contribution in [0.1, 0.15) is 24.3 Å². The third kappa shape index (κ3) is 3.43. The number of aryl methyl sites for hydroxylation is 1. The lowest BCUT2D eigenvalue weighted by molar-refractivity contribution is -0.118. The highest BCUT2D eigenvalue weighted by Gasteiger charge is 2.24. The molecule has 0 aliphatic carbocycles. The zero-order valence-corrected chi connectivity index (χ0v) is 14.9. The summed E-state index contributed by atoms with van der Waals surface area (Å²) in [5.41, 5.74) is 9.51. The van der Waals surface area contributed by atoms with Crippen molar-refractivity contribution >= 4 is 29.7 Å². The molecule has 0 spiro atoms. The Labute approximate surface area is 156 Å². The van der Waals surface area contributed by atoms with Crippen LogP contribution in [-0.2, 0) is 17.6 Å². The van der Waals surface area contributed by atoms with Gasteiger partial charge in [0.1, 0.15) is 6.26 Å². The minimum absolute atomic E-state index is 0. The van der Waals surface area contributed by atoms with Crippen molar-refractivity contribution in [1.82, 2.24) is 10.1 Å². The van der Waals surface area contributed by atoms with E-state index >= 15 is 0 Å². The quantitative estimate of drug-likeness (QED) is 0.704.